The molecule has 0 saturated heterocycles. The lowest BCUT2D eigenvalue weighted by molar-refractivity contribution is -0.161. The summed E-state index contributed by atoms with van der Waals surface area (Å²) in [5, 5.41) is 20.6. The molecule has 5 unspecified atom stereocenters. The van der Waals surface area contributed by atoms with Crippen LogP contribution in [0.5, 0.6) is 0 Å². The Kier molecular flexibility index (Phi) is 70.4. The maximum absolute atomic E-state index is 13.0. The molecule has 0 aliphatic heterocycles. The standard InChI is InChI=1S/C83H134O16P2/c1-4-7-10-13-16-19-22-25-28-31-33-35-37-38-40-42-43-46-48-51-54-57-60-63-66-69-81(86)93-72-78(84)73-95-100(89,90)96-74-79(85)75-97-101(91,92)98-77-80(99-83(88)71-68-65-62-59-56-53-50-45-30-27-24-21-18-15-12-9-6-3)76-94-82(87)70-67-64-61-58-55-52-49-47-44-41-39-36-34-32-29-26-23-20-17-14-11-8-5-2/h7-12,16-21,25-30,33-36,38,40-41,44,50,53,59,62,78-80,84-85H,4-6,13-15,22-24,31-32,37,39,42-43,45-49,51-52,54-58,60-61,63-77H2,1-3H3,(H,89,90)(H,91,92)/b10-7-,11-8-,12-9-,19-16-,20-17-,21-18-,28-25-,29-26-,30-27-,35-33-,36-34-,40-38-,44-41-,53-50-,62-59-. The number of esters is 3. The zero-order chi connectivity index (χ0) is 73.7. The molecule has 0 aromatic carbocycles. The normalized spacial score (nSPS) is 15.0. The molecule has 0 radical (unpaired) electrons. The van der Waals surface area contributed by atoms with Crippen LogP contribution in [0.15, 0.2) is 182 Å². The number of rotatable bonds is 70. The van der Waals surface area contributed by atoms with E-state index in [0.29, 0.717) is 25.7 Å². The van der Waals surface area contributed by atoms with Gasteiger partial charge < -0.3 is 34.2 Å². The van der Waals surface area contributed by atoms with Gasteiger partial charge in [0.15, 0.2) is 6.10 Å². The van der Waals surface area contributed by atoms with Crippen LogP contribution < -0.4 is 0 Å². The van der Waals surface area contributed by atoms with Crippen molar-refractivity contribution in [3.8, 4) is 0 Å². The van der Waals surface area contributed by atoms with Crippen molar-refractivity contribution >= 4 is 33.6 Å². The van der Waals surface area contributed by atoms with Crippen molar-refractivity contribution in [1.82, 2.24) is 0 Å². The fraction of sp³-hybridized carbons (Fsp3) is 0.602. The third-order valence-electron chi connectivity index (χ3n) is 15.1. The molecule has 0 bridgehead atoms. The summed E-state index contributed by atoms with van der Waals surface area (Å²) in [5.74, 6) is -1.67. The van der Waals surface area contributed by atoms with E-state index in [1.807, 2.05) is 12.2 Å². The fourth-order valence-corrected chi connectivity index (χ4v) is 11.0. The predicted octanol–water partition coefficient (Wildman–Crippen LogP) is 22.2. The van der Waals surface area contributed by atoms with Gasteiger partial charge in [-0.3, -0.25) is 32.5 Å². The Morgan fingerprint density at radius 1 is 0.277 bits per heavy atom. The van der Waals surface area contributed by atoms with E-state index in [4.69, 9.17) is 32.3 Å². The van der Waals surface area contributed by atoms with Crippen molar-refractivity contribution in [2.45, 2.75) is 283 Å². The zero-order valence-electron chi connectivity index (χ0n) is 62.2. The molecule has 0 amide bonds. The Balaban J connectivity index is 4.71. The lowest BCUT2D eigenvalue weighted by Crippen LogP contribution is -2.30. The van der Waals surface area contributed by atoms with Gasteiger partial charge in [0.2, 0.25) is 0 Å². The van der Waals surface area contributed by atoms with Crippen molar-refractivity contribution in [2.24, 2.45) is 0 Å². The molecule has 0 heterocycles. The van der Waals surface area contributed by atoms with Crippen LogP contribution in [0.2, 0.25) is 0 Å². The SMILES string of the molecule is CC/C=C\C/C=C\C/C=C\C/C=C\C/C=C\CCCCCCCCCCCC(=O)OCC(O)COP(=O)(O)OCC(O)COP(=O)(O)OCC(COC(=O)CCCCCCCCC/C=C\C/C=C\C/C=C\C/C=C\C/C=C\CC)OC(=O)CCC/C=C\C/C=C\C/C=C\C/C=C\C/C=C\CC. The number of ether oxygens (including phenoxy) is 3. The first kappa shape index (κ1) is 95.6. The summed E-state index contributed by atoms with van der Waals surface area (Å²) < 4.78 is 61.0. The molecule has 5 atom stereocenters. The molecule has 4 N–H and O–H groups in total. The second-order valence-corrected chi connectivity index (χ2v) is 27.6. The number of hydrogen-bond donors (Lipinski definition) is 4. The fourth-order valence-electron chi connectivity index (χ4n) is 9.42. The molecule has 0 rings (SSSR count). The van der Waals surface area contributed by atoms with Crippen molar-refractivity contribution in [2.75, 3.05) is 39.6 Å². The Bertz CT molecular complexity index is 2570. The maximum atomic E-state index is 13.0. The molecule has 101 heavy (non-hydrogen) atoms. The van der Waals surface area contributed by atoms with Gasteiger partial charge in [0.25, 0.3) is 0 Å². The summed E-state index contributed by atoms with van der Waals surface area (Å²) >= 11 is 0. The van der Waals surface area contributed by atoms with Crippen LogP contribution in [0.4, 0.5) is 0 Å². The maximum Gasteiger partial charge on any atom is 0.472 e. The van der Waals surface area contributed by atoms with Gasteiger partial charge in [0, 0.05) is 19.3 Å². The van der Waals surface area contributed by atoms with Gasteiger partial charge in [0.05, 0.1) is 26.4 Å². The highest BCUT2D eigenvalue weighted by Gasteiger charge is 2.29. The van der Waals surface area contributed by atoms with Gasteiger partial charge in [0.1, 0.15) is 25.4 Å². The Morgan fingerprint density at radius 3 is 0.812 bits per heavy atom. The number of aliphatic hydroxyl groups excluding tert-OH is 2. The molecule has 0 aromatic rings. The second kappa shape index (κ2) is 74.4. The highest BCUT2D eigenvalue weighted by Crippen LogP contribution is 2.45. The average molecular weight is 1450 g/mol. The first-order valence-electron chi connectivity index (χ1n) is 38.1. The smallest absolute Gasteiger partial charge is 0.463 e. The van der Waals surface area contributed by atoms with Crippen LogP contribution in [0, 0.1) is 0 Å². The van der Waals surface area contributed by atoms with Crippen LogP contribution in [0.3, 0.4) is 0 Å². The minimum absolute atomic E-state index is 0.0164. The molecular formula is C83H134O16P2. The van der Waals surface area contributed by atoms with Crippen molar-refractivity contribution < 1.29 is 75.8 Å². The molecule has 0 spiro atoms. The Morgan fingerprint density at radius 2 is 0.505 bits per heavy atom. The molecular weight excluding hydrogens is 1310 g/mol. The number of allylic oxidation sites excluding steroid dienone is 30. The van der Waals surface area contributed by atoms with Crippen LogP contribution in [0.1, 0.15) is 265 Å². The number of unbranched alkanes of at least 4 members (excludes halogenated alkanes) is 17. The van der Waals surface area contributed by atoms with Crippen LogP contribution in [-0.2, 0) is 55.8 Å². The van der Waals surface area contributed by atoms with E-state index in [1.165, 1.54) is 25.7 Å². The molecule has 572 valence electrons. The lowest BCUT2D eigenvalue weighted by atomic mass is 10.1. The lowest BCUT2D eigenvalue weighted by Gasteiger charge is -2.21. The summed E-state index contributed by atoms with van der Waals surface area (Å²) in [7, 11) is -9.83. The van der Waals surface area contributed by atoms with Crippen LogP contribution >= 0.6 is 15.6 Å². The Hall–Kier alpha value is -5.35. The largest absolute Gasteiger partial charge is 0.472 e. The monoisotopic (exact) mass is 1450 g/mol. The van der Waals surface area contributed by atoms with Crippen LogP contribution in [-0.4, -0.2) is 95.9 Å². The second-order valence-electron chi connectivity index (χ2n) is 24.7. The summed E-state index contributed by atoms with van der Waals surface area (Å²) in [4.78, 5) is 58.6. The number of aliphatic hydroxyl groups is 2. The summed E-state index contributed by atoms with van der Waals surface area (Å²) in [6, 6.07) is 0. The molecule has 0 aliphatic carbocycles. The van der Waals surface area contributed by atoms with E-state index in [1.54, 1.807) is 0 Å². The molecule has 0 aromatic heterocycles. The summed E-state index contributed by atoms with van der Waals surface area (Å²) in [6.07, 6.45) is 95.1. The van der Waals surface area contributed by atoms with Gasteiger partial charge in [-0.05, 0) is 148 Å². The first-order valence-corrected chi connectivity index (χ1v) is 41.1. The molecule has 18 heteroatoms. The van der Waals surface area contributed by atoms with Gasteiger partial charge in [-0.2, -0.15) is 0 Å². The molecule has 0 saturated carbocycles. The predicted molar refractivity (Wildman–Crippen MR) is 417 cm³/mol. The van der Waals surface area contributed by atoms with E-state index in [2.05, 4.69) is 191 Å². The van der Waals surface area contributed by atoms with Gasteiger partial charge in [-0.25, -0.2) is 9.13 Å². The summed E-state index contributed by atoms with van der Waals surface area (Å²) in [6.45, 7) is 2.23. The number of hydrogen-bond acceptors (Lipinski definition) is 14. The van der Waals surface area contributed by atoms with Crippen LogP contribution in [0.25, 0.3) is 0 Å². The van der Waals surface area contributed by atoms with E-state index >= 15 is 0 Å². The minimum Gasteiger partial charge on any atom is -0.463 e. The van der Waals surface area contributed by atoms with E-state index in [-0.39, 0.29) is 19.3 Å². The van der Waals surface area contributed by atoms with Crippen molar-refractivity contribution in [3.63, 3.8) is 0 Å². The number of carbonyl (C=O) groups is 3. The van der Waals surface area contributed by atoms with E-state index in [0.717, 1.165) is 173 Å². The zero-order valence-corrected chi connectivity index (χ0v) is 64.0. The van der Waals surface area contributed by atoms with Crippen molar-refractivity contribution in [3.05, 3.63) is 182 Å². The quantitative estimate of drug-likeness (QED) is 0.0146. The summed E-state index contributed by atoms with van der Waals surface area (Å²) in [5.41, 5.74) is 0. The first-order chi connectivity index (χ1) is 49.2. The van der Waals surface area contributed by atoms with Gasteiger partial charge in [-0.1, -0.05) is 280 Å². The average Bonchev–Trinajstić information content (AvgIpc) is 0.946. The number of carbonyl (C=O) groups excluding carboxylic acids is 3. The number of phosphoric acid groups is 2. The highest BCUT2D eigenvalue weighted by atomic mass is 31.2. The Labute approximate surface area is 611 Å². The minimum atomic E-state index is -4.96. The number of phosphoric ester groups is 2. The van der Waals surface area contributed by atoms with Gasteiger partial charge in [-0.15, -0.1) is 0 Å². The third kappa shape index (κ3) is 75.6. The highest BCUT2D eigenvalue weighted by molar-refractivity contribution is 7.47. The van der Waals surface area contributed by atoms with E-state index < -0.39 is 91.5 Å². The third-order valence-corrected chi connectivity index (χ3v) is 17.0. The van der Waals surface area contributed by atoms with Crippen molar-refractivity contribution in [1.29, 1.82) is 0 Å². The van der Waals surface area contributed by atoms with Gasteiger partial charge >= 0.3 is 33.6 Å². The molecule has 0 fully saturated rings. The topological polar surface area (TPSA) is 231 Å². The molecule has 0 aliphatic rings. The molecule has 16 nitrogen and oxygen atoms in total. The van der Waals surface area contributed by atoms with E-state index in [9.17, 15) is 43.5 Å².